The molecule has 0 spiro atoms. The van der Waals surface area contributed by atoms with Crippen LogP contribution in [0.2, 0.25) is 0 Å². The Morgan fingerprint density at radius 3 is 2.11 bits per heavy atom. The Kier molecular flexibility index (Phi) is 7.03. The molecular weight excluding hydrogens is 375 g/mol. The summed E-state index contributed by atoms with van der Waals surface area (Å²) in [6.45, 7) is -0.120. The lowest BCUT2D eigenvalue weighted by Gasteiger charge is -2.18. The highest BCUT2D eigenvalue weighted by Crippen LogP contribution is 2.22. The van der Waals surface area contributed by atoms with Crippen LogP contribution < -0.4 is 4.74 Å². The fourth-order valence-corrected chi connectivity index (χ4v) is 2.50. The molecule has 1 N–H and O–H groups in total. The second kappa shape index (κ2) is 9.25. The number of amides is 1. The first kappa shape index (κ1) is 21.3. The molecule has 0 saturated carbocycles. The Morgan fingerprint density at radius 1 is 1.00 bits per heavy atom. The number of hydrogen-bond acceptors (Lipinski definition) is 3. The van der Waals surface area contributed by atoms with Crippen molar-refractivity contribution >= 4 is 11.9 Å². The molecule has 0 unspecified atom stereocenters. The van der Waals surface area contributed by atoms with Crippen molar-refractivity contribution in [2.45, 2.75) is 25.6 Å². The van der Waals surface area contributed by atoms with Gasteiger partial charge in [-0.15, -0.1) is 0 Å². The summed E-state index contributed by atoms with van der Waals surface area (Å²) >= 11 is 0. The Labute approximate surface area is 160 Å². The van der Waals surface area contributed by atoms with E-state index >= 15 is 0 Å². The molecule has 8 heteroatoms. The van der Waals surface area contributed by atoms with Crippen molar-refractivity contribution < 1.29 is 32.6 Å². The summed E-state index contributed by atoms with van der Waals surface area (Å²) in [5.74, 6) is -0.915. The minimum absolute atomic E-state index is 0.121. The number of alkyl halides is 3. The van der Waals surface area contributed by atoms with Crippen molar-refractivity contribution in [3.8, 4) is 5.75 Å². The largest absolute Gasteiger partial charge is 0.482 e. The highest BCUT2D eigenvalue weighted by molar-refractivity contribution is 5.94. The Bertz CT molecular complexity index is 802. The molecule has 0 saturated heterocycles. The Balaban J connectivity index is 1.92. The maximum Gasteiger partial charge on any atom is 0.389 e. The molecule has 0 atom stereocenters. The number of rotatable bonds is 8. The zero-order valence-electron chi connectivity index (χ0n) is 15.2. The third kappa shape index (κ3) is 6.94. The van der Waals surface area contributed by atoms with E-state index in [1.54, 1.807) is 31.3 Å². The van der Waals surface area contributed by atoms with Crippen LogP contribution in [-0.2, 0) is 17.8 Å². The number of hydrogen-bond donors (Lipinski definition) is 1. The fraction of sp³-hybridized carbons (Fsp3) is 0.300. The number of benzene rings is 2. The number of nitrogens with zero attached hydrogens (tertiary/aromatic N) is 1. The standard InChI is InChI=1S/C20H20F3NO4/c1-24(12-15-4-8-17(9-5-15)28-13-18(25)26)19(27)16-6-2-14(3-7-16)10-11-20(21,22)23/h2-9H,10-13H2,1H3,(H,25,26). The van der Waals surface area contributed by atoms with E-state index in [-0.39, 0.29) is 12.3 Å². The van der Waals surface area contributed by atoms with Gasteiger partial charge in [0.25, 0.3) is 5.91 Å². The molecule has 0 aliphatic carbocycles. The predicted molar refractivity (Wildman–Crippen MR) is 96.2 cm³/mol. The lowest BCUT2D eigenvalue weighted by atomic mass is 10.1. The Morgan fingerprint density at radius 2 is 1.57 bits per heavy atom. The minimum atomic E-state index is -4.21. The van der Waals surface area contributed by atoms with Gasteiger partial charge < -0.3 is 14.7 Å². The quantitative estimate of drug-likeness (QED) is 0.736. The van der Waals surface area contributed by atoms with Gasteiger partial charge in [0.05, 0.1) is 0 Å². The van der Waals surface area contributed by atoms with Gasteiger partial charge in [0, 0.05) is 25.6 Å². The van der Waals surface area contributed by atoms with Gasteiger partial charge in [-0.3, -0.25) is 4.79 Å². The molecule has 1 amide bonds. The van der Waals surface area contributed by atoms with Gasteiger partial charge >= 0.3 is 12.1 Å². The van der Waals surface area contributed by atoms with Gasteiger partial charge in [0.1, 0.15) is 5.75 Å². The van der Waals surface area contributed by atoms with Crippen LogP contribution >= 0.6 is 0 Å². The van der Waals surface area contributed by atoms with E-state index in [1.807, 2.05) is 0 Å². The smallest absolute Gasteiger partial charge is 0.389 e. The number of halogens is 3. The van der Waals surface area contributed by atoms with Crippen LogP contribution in [-0.4, -0.2) is 41.7 Å². The molecule has 0 fully saturated rings. The molecule has 2 aromatic carbocycles. The van der Waals surface area contributed by atoms with E-state index in [4.69, 9.17) is 9.84 Å². The molecule has 2 rings (SSSR count). The van der Waals surface area contributed by atoms with E-state index in [0.29, 0.717) is 23.4 Å². The van der Waals surface area contributed by atoms with Gasteiger partial charge in [-0.25, -0.2) is 4.79 Å². The summed E-state index contributed by atoms with van der Waals surface area (Å²) in [6, 6.07) is 12.8. The molecule has 0 radical (unpaired) electrons. The van der Waals surface area contributed by atoms with Gasteiger partial charge in [-0.2, -0.15) is 13.2 Å². The van der Waals surface area contributed by atoms with Crippen molar-refractivity contribution in [3.05, 3.63) is 65.2 Å². The average molecular weight is 395 g/mol. The van der Waals surface area contributed by atoms with Crippen LogP contribution in [0.3, 0.4) is 0 Å². The van der Waals surface area contributed by atoms with E-state index in [9.17, 15) is 22.8 Å². The van der Waals surface area contributed by atoms with Crippen LogP contribution in [0.25, 0.3) is 0 Å². The van der Waals surface area contributed by atoms with Gasteiger partial charge in [-0.1, -0.05) is 24.3 Å². The van der Waals surface area contributed by atoms with Crippen LogP contribution in [0.1, 0.15) is 27.9 Å². The first-order valence-electron chi connectivity index (χ1n) is 8.49. The van der Waals surface area contributed by atoms with Crippen molar-refractivity contribution in [1.29, 1.82) is 0 Å². The second-order valence-corrected chi connectivity index (χ2v) is 6.30. The maximum absolute atomic E-state index is 12.5. The topological polar surface area (TPSA) is 66.8 Å². The first-order chi connectivity index (χ1) is 13.1. The highest BCUT2D eigenvalue weighted by Gasteiger charge is 2.26. The van der Waals surface area contributed by atoms with Crippen molar-refractivity contribution in [3.63, 3.8) is 0 Å². The summed E-state index contributed by atoms with van der Waals surface area (Å²) in [7, 11) is 1.62. The summed E-state index contributed by atoms with van der Waals surface area (Å²) in [5, 5.41) is 8.58. The van der Waals surface area contributed by atoms with E-state index < -0.39 is 25.2 Å². The zero-order chi connectivity index (χ0) is 20.7. The van der Waals surface area contributed by atoms with Crippen LogP contribution in [0.4, 0.5) is 13.2 Å². The lowest BCUT2D eigenvalue weighted by molar-refractivity contribution is -0.139. The minimum Gasteiger partial charge on any atom is -0.482 e. The number of ether oxygens (including phenoxy) is 1. The number of carbonyl (C=O) groups excluding carboxylic acids is 1. The predicted octanol–water partition coefficient (Wildman–Crippen LogP) is 3.92. The van der Waals surface area contributed by atoms with E-state index in [2.05, 4.69) is 0 Å². The van der Waals surface area contributed by atoms with Crippen LogP contribution in [0.5, 0.6) is 5.75 Å². The Hall–Kier alpha value is -3.03. The number of carboxylic acids is 1. The van der Waals surface area contributed by atoms with Gasteiger partial charge in [0.2, 0.25) is 0 Å². The van der Waals surface area contributed by atoms with Gasteiger partial charge in [-0.05, 0) is 41.8 Å². The molecule has 0 heterocycles. The lowest BCUT2D eigenvalue weighted by Crippen LogP contribution is -2.26. The molecular formula is C20H20F3NO4. The normalized spacial score (nSPS) is 11.1. The summed E-state index contributed by atoms with van der Waals surface area (Å²) in [5.41, 5.74) is 1.73. The fourth-order valence-electron chi connectivity index (χ4n) is 2.50. The van der Waals surface area contributed by atoms with Crippen molar-refractivity contribution in [2.24, 2.45) is 0 Å². The number of carbonyl (C=O) groups is 2. The summed E-state index contributed by atoms with van der Waals surface area (Å²) < 4.78 is 41.9. The first-order valence-corrected chi connectivity index (χ1v) is 8.49. The monoisotopic (exact) mass is 395 g/mol. The third-order valence-electron chi connectivity index (χ3n) is 3.95. The van der Waals surface area contributed by atoms with E-state index in [1.165, 1.54) is 29.2 Å². The number of carboxylic acid groups (broad SMARTS) is 1. The van der Waals surface area contributed by atoms with Crippen molar-refractivity contribution in [2.75, 3.05) is 13.7 Å². The van der Waals surface area contributed by atoms with E-state index in [0.717, 1.165) is 5.56 Å². The number of aryl methyl sites for hydroxylation is 1. The van der Waals surface area contributed by atoms with Crippen LogP contribution in [0.15, 0.2) is 48.5 Å². The molecule has 150 valence electrons. The molecule has 0 aliphatic heterocycles. The summed E-state index contributed by atoms with van der Waals surface area (Å²) in [6.07, 6.45) is -5.22. The summed E-state index contributed by atoms with van der Waals surface area (Å²) in [4.78, 5) is 24.4. The van der Waals surface area contributed by atoms with Gasteiger partial charge in [0.15, 0.2) is 6.61 Å². The zero-order valence-corrected chi connectivity index (χ0v) is 15.2. The average Bonchev–Trinajstić information content (AvgIpc) is 2.65. The molecule has 28 heavy (non-hydrogen) atoms. The third-order valence-corrected chi connectivity index (χ3v) is 3.95. The molecule has 0 aromatic heterocycles. The molecule has 5 nitrogen and oxygen atoms in total. The maximum atomic E-state index is 12.5. The number of aliphatic carboxylic acids is 1. The van der Waals surface area contributed by atoms with Crippen molar-refractivity contribution in [1.82, 2.24) is 4.90 Å². The SMILES string of the molecule is CN(Cc1ccc(OCC(=O)O)cc1)C(=O)c1ccc(CCC(F)(F)F)cc1. The molecule has 0 aliphatic rings. The molecule has 2 aromatic rings. The van der Waals surface area contributed by atoms with Crippen LogP contribution in [0, 0.1) is 0 Å². The molecule has 0 bridgehead atoms. The second-order valence-electron chi connectivity index (χ2n) is 6.30. The highest BCUT2D eigenvalue weighted by atomic mass is 19.4.